The maximum Gasteiger partial charge on any atom is 0.244 e. The Morgan fingerprint density at radius 2 is 1.60 bits per heavy atom. The molecule has 1 aromatic heterocycles. The first-order valence-electron chi connectivity index (χ1n) is 6.46. The van der Waals surface area contributed by atoms with Gasteiger partial charge < -0.3 is 0 Å². The Bertz CT molecular complexity index is 723. The number of alkyl halides is 2. The molecule has 100 valence electrons. The topological polar surface area (TPSA) is 12.9 Å². The predicted octanol–water partition coefficient (Wildman–Crippen LogP) is 4.71. The molecule has 0 bridgehead atoms. The molecule has 0 spiro atoms. The summed E-state index contributed by atoms with van der Waals surface area (Å²) in [5.74, 6) is 0. The highest BCUT2D eigenvalue weighted by atomic mass is 19.3. The van der Waals surface area contributed by atoms with Crippen LogP contribution in [0.4, 0.5) is 8.78 Å². The van der Waals surface area contributed by atoms with Gasteiger partial charge in [0, 0.05) is 16.6 Å². The number of fused-ring (bicyclic) bond motifs is 1. The van der Waals surface area contributed by atoms with Gasteiger partial charge in [-0.3, -0.25) is 4.98 Å². The molecule has 0 amide bonds. The van der Waals surface area contributed by atoms with Gasteiger partial charge in [-0.05, 0) is 11.5 Å². The number of halogens is 2. The summed E-state index contributed by atoms with van der Waals surface area (Å²) < 4.78 is 25.2. The van der Waals surface area contributed by atoms with Crippen LogP contribution in [0.25, 0.3) is 22.0 Å². The van der Waals surface area contributed by atoms with Gasteiger partial charge in [0.15, 0.2) is 0 Å². The predicted molar refractivity (Wildman–Crippen MR) is 76.9 cm³/mol. The third-order valence-corrected chi connectivity index (χ3v) is 3.20. The summed E-state index contributed by atoms with van der Waals surface area (Å²) in [6, 6.07) is 19.1. The van der Waals surface area contributed by atoms with Gasteiger partial charge in [-0.1, -0.05) is 54.6 Å². The molecule has 0 aliphatic carbocycles. The Kier molecular flexibility index (Phi) is 3.42. The van der Waals surface area contributed by atoms with Gasteiger partial charge in [0.1, 0.15) is 0 Å². The van der Waals surface area contributed by atoms with Crippen molar-refractivity contribution in [3.05, 3.63) is 66.4 Å². The zero-order chi connectivity index (χ0) is 13.9. The van der Waals surface area contributed by atoms with E-state index in [1.54, 1.807) is 6.07 Å². The molecule has 0 aliphatic rings. The first-order valence-corrected chi connectivity index (χ1v) is 6.46. The first-order chi connectivity index (χ1) is 9.74. The lowest BCUT2D eigenvalue weighted by Gasteiger charge is -2.09. The number of nitrogens with zero attached hydrogens (tertiary/aromatic N) is 1. The maximum atomic E-state index is 12.6. The minimum Gasteiger partial charge on any atom is -0.252 e. The molecule has 2 aromatic carbocycles. The molecule has 0 unspecified atom stereocenters. The first kappa shape index (κ1) is 12.7. The van der Waals surface area contributed by atoms with Gasteiger partial charge >= 0.3 is 0 Å². The van der Waals surface area contributed by atoms with Crippen molar-refractivity contribution >= 4 is 10.8 Å². The van der Waals surface area contributed by atoms with Crippen molar-refractivity contribution in [2.75, 3.05) is 0 Å². The lowest BCUT2D eigenvalue weighted by Crippen LogP contribution is -2.01. The van der Waals surface area contributed by atoms with Crippen LogP contribution in [-0.2, 0) is 6.42 Å². The van der Waals surface area contributed by atoms with E-state index >= 15 is 0 Å². The number of rotatable bonds is 3. The molecule has 0 radical (unpaired) electrons. The summed E-state index contributed by atoms with van der Waals surface area (Å²) in [4.78, 5) is 4.43. The lowest BCUT2D eigenvalue weighted by atomic mass is 10.0. The molecule has 3 rings (SSSR count). The van der Waals surface area contributed by atoms with E-state index in [0.717, 1.165) is 22.0 Å². The third kappa shape index (κ3) is 2.52. The fourth-order valence-corrected chi connectivity index (χ4v) is 2.33. The molecule has 1 nitrogen and oxygen atoms in total. The van der Waals surface area contributed by atoms with Crippen molar-refractivity contribution in [2.45, 2.75) is 12.8 Å². The Labute approximate surface area is 115 Å². The van der Waals surface area contributed by atoms with E-state index in [2.05, 4.69) is 4.98 Å². The van der Waals surface area contributed by atoms with E-state index in [9.17, 15) is 8.78 Å². The summed E-state index contributed by atoms with van der Waals surface area (Å²) in [6.45, 7) is 0. The van der Waals surface area contributed by atoms with Crippen molar-refractivity contribution in [2.24, 2.45) is 0 Å². The van der Waals surface area contributed by atoms with E-state index in [1.807, 2.05) is 54.6 Å². The van der Waals surface area contributed by atoms with Crippen molar-refractivity contribution < 1.29 is 8.78 Å². The zero-order valence-corrected chi connectivity index (χ0v) is 10.8. The number of hydrogen-bond donors (Lipinski definition) is 0. The summed E-state index contributed by atoms with van der Waals surface area (Å²) in [5.41, 5.74) is 2.14. The monoisotopic (exact) mass is 269 g/mol. The number of hydrogen-bond acceptors (Lipinski definition) is 1. The van der Waals surface area contributed by atoms with E-state index < -0.39 is 6.43 Å². The second kappa shape index (κ2) is 5.37. The van der Waals surface area contributed by atoms with Crippen molar-refractivity contribution in [1.82, 2.24) is 4.98 Å². The quantitative estimate of drug-likeness (QED) is 0.671. The Hall–Kier alpha value is -2.29. The Balaban J connectivity index is 2.23. The molecule has 20 heavy (non-hydrogen) atoms. The molecule has 0 atom stereocenters. The fourth-order valence-electron chi connectivity index (χ4n) is 2.33. The van der Waals surface area contributed by atoms with E-state index in [-0.39, 0.29) is 6.42 Å². The SMILES string of the molecule is FC(F)Cc1cc2ccccc2c(-c2ccccc2)n1. The minimum atomic E-state index is -2.38. The number of pyridine rings is 1. The summed E-state index contributed by atoms with van der Waals surface area (Å²) in [7, 11) is 0. The smallest absolute Gasteiger partial charge is 0.244 e. The minimum absolute atomic E-state index is 0.315. The van der Waals surface area contributed by atoms with Gasteiger partial charge in [0.25, 0.3) is 0 Å². The largest absolute Gasteiger partial charge is 0.252 e. The average molecular weight is 269 g/mol. The van der Waals surface area contributed by atoms with Crippen LogP contribution in [0.2, 0.25) is 0 Å². The normalized spacial score (nSPS) is 11.2. The molecule has 0 fully saturated rings. The second-order valence-corrected chi connectivity index (χ2v) is 4.64. The Morgan fingerprint density at radius 1 is 0.900 bits per heavy atom. The molecule has 0 aliphatic heterocycles. The van der Waals surface area contributed by atoms with Crippen LogP contribution in [0.5, 0.6) is 0 Å². The van der Waals surface area contributed by atoms with E-state index in [1.165, 1.54) is 0 Å². The molecular formula is C17H13F2N. The van der Waals surface area contributed by atoms with Crippen LogP contribution in [0.3, 0.4) is 0 Å². The third-order valence-electron chi connectivity index (χ3n) is 3.20. The van der Waals surface area contributed by atoms with Crippen molar-refractivity contribution in [3.8, 4) is 11.3 Å². The molecule has 3 heteroatoms. The molecule has 0 N–H and O–H groups in total. The standard InChI is InChI=1S/C17H13F2N/c18-16(19)11-14-10-13-8-4-5-9-15(13)17(20-14)12-6-2-1-3-7-12/h1-10,16H,11H2. The highest BCUT2D eigenvalue weighted by Gasteiger charge is 2.11. The van der Waals surface area contributed by atoms with E-state index in [4.69, 9.17) is 0 Å². The molecule has 3 aromatic rings. The average Bonchev–Trinajstić information content (AvgIpc) is 2.47. The summed E-state index contributed by atoms with van der Waals surface area (Å²) in [5, 5.41) is 1.92. The lowest BCUT2D eigenvalue weighted by molar-refractivity contribution is 0.148. The highest BCUT2D eigenvalue weighted by Crippen LogP contribution is 2.28. The van der Waals surface area contributed by atoms with Crippen LogP contribution in [0, 0.1) is 0 Å². The summed E-state index contributed by atoms with van der Waals surface area (Å²) >= 11 is 0. The van der Waals surface area contributed by atoms with Crippen molar-refractivity contribution in [1.29, 1.82) is 0 Å². The van der Waals surface area contributed by atoms with Crippen LogP contribution in [0.1, 0.15) is 5.69 Å². The van der Waals surface area contributed by atoms with Crippen molar-refractivity contribution in [3.63, 3.8) is 0 Å². The van der Waals surface area contributed by atoms with Gasteiger partial charge in [-0.2, -0.15) is 0 Å². The maximum absolute atomic E-state index is 12.6. The molecule has 0 saturated heterocycles. The fraction of sp³-hybridized carbons (Fsp3) is 0.118. The second-order valence-electron chi connectivity index (χ2n) is 4.64. The van der Waals surface area contributed by atoms with Gasteiger partial charge in [0.05, 0.1) is 12.1 Å². The Morgan fingerprint density at radius 3 is 2.35 bits per heavy atom. The molecule has 1 heterocycles. The highest BCUT2D eigenvalue weighted by molar-refractivity contribution is 5.94. The van der Waals surface area contributed by atoms with E-state index in [0.29, 0.717) is 5.69 Å². The van der Waals surface area contributed by atoms with Gasteiger partial charge in [0.2, 0.25) is 6.43 Å². The zero-order valence-electron chi connectivity index (χ0n) is 10.8. The van der Waals surface area contributed by atoms with Crippen LogP contribution < -0.4 is 0 Å². The number of aromatic nitrogens is 1. The van der Waals surface area contributed by atoms with Crippen LogP contribution >= 0.6 is 0 Å². The van der Waals surface area contributed by atoms with Gasteiger partial charge in [-0.25, -0.2) is 8.78 Å². The van der Waals surface area contributed by atoms with Gasteiger partial charge in [-0.15, -0.1) is 0 Å². The van der Waals surface area contributed by atoms with Crippen LogP contribution in [0.15, 0.2) is 60.7 Å². The summed E-state index contributed by atoms with van der Waals surface area (Å²) in [6.07, 6.45) is -2.70. The molecular weight excluding hydrogens is 256 g/mol. The van der Waals surface area contributed by atoms with Crippen LogP contribution in [-0.4, -0.2) is 11.4 Å². The number of benzene rings is 2. The molecule has 0 saturated carbocycles.